The molecule has 0 bridgehead atoms. The van der Waals surface area contributed by atoms with E-state index in [0.717, 1.165) is 0 Å². The van der Waals surface area contributed by atoms with Crippen molar-refractivity contribution >= 4 is 17.9 Å². The van der Waals surface area contributed by atoms with Crippen LogP contribution < -0.4 is 4.74 Å². The number of aryl methyl sites for hydroxylation is 1. The first-order chi connectivity index (χ1) is 7.11. The third kappa shape index (κ3) is 2.46. The number of aldehydes is 1. The molecule has 0 aliphatic rings. The summed E-state index contributed by atoms with van der Waals surface area (Å²) in [4.78, 5) is 10.6. The standard InChI is InChI=1S/C10H10ClFO3/c1-6-3-8(15-5-14-2)9(11)7(4-13)10(6)12/h3-4H,5H2,1-2H3. The van der Waals surface area contributed by atoms with Crippen molar-refractivity contribution in [3.8, 4) is 5.75 Å². The smallest absolute Gasteiger partial charge is 0.188 e. The van der Waals surface area contributed by atoms with Crippen molar-refractivity contribution in [2.24, 2.45) is 0 Å². The zero-order chi connectivity index (χ0) is 11.4. The lowest BCUT2D eigenvalue weighted by Gasteiger charge is -2.10. The van der Waals surface area contributed by atoms with Gasteiger partial charge in [0.05, 0.1) is 10.6 Å². The van der Waals surface area contributed by atoms with Crippen LogP contribution in [0.4, 0.5) is 4.39 Å². The van der Waals surface area contributed by atoms with Gasteiger partial charge < -0.3 is 9.47 Å². The summed E-state index contributed by atoms with van der Waals surface area (Å²) in [5.41, 5.74) is 0.107. The monoisotopic (exact) mass is 232 g/mol. The summed E-state index contributed by atoms with van der Waals surface area (Å²) in [5.74, 6) is -0.390. The molecule has 1 rings (SSSR count). The van der Waals surface area contributed by atoms with Crippen molar-refractivity contribution in [3.63, 3.8) is 0 Å². The van der Waals surface area contributed by atoms with E-state index in [2.05, 4.69) is 4.74 Å². The van der Waals surface area contributed by atoms with Gasteiger partial charge in [0.1, 0.15) is 11.6 Å². The first-order valence-corrected chi connectivity index (χ1v) is 4.55. The zero-order valence-electron chi connectivity index (χ0n) is 8.34. The van der Waals surface area contributed by atoms with E-state index in [9.17, 15) is 9.18 Å². The number of carbonyl (C=O) groups is 1. The molecule has 0 N–H and O–H groups in total. The summed E-state index contributed by atoms with van der Waals surface area (Å²) < 4.78 is 23.1. The number of carbonyl (C=O) groups excluding carboxylic acids is 1. The fourth-order valence-corrected chi connectivity index (χ4v) is 1.33. The fourth-order valence-electron chi connectivity index (χ4n) is 1.10. The molecule has 0 aromatic heterocycles. The van der Waals surface area contributed by atoms with E-state index >= 15 is 0 Å². The largest absolute Gasteiger partial charge is 0.466 e. The Labute approximate surface area is 91.7 Å². The van der Waals surface area contributed by atoms with E-state index in [1.54, 1.807) is 0 Å². The zero-order valence-corrected chi connectivity index (χ0v) is 9.10. The van der Waals surface area contributed by atoms with Crippen LogP contribution in [0.3, 0.4) is 0 Å². The maximum Gasteiger partial charge on any atom is 0.188 e. The average molecular weight is 233 g/mol. The SMILES string of the molecule is COCOc1cc(C)c(F)c(C=O)c1Cl. The molecule has 1 aromatic rings. The van der Waals surface area contributed by atoms with Crippen LogP contribution in [0, 0.1) is 12.7 Å². The van der Waals surface area contributed by atoms with Crippen LogP contribution in [-0.4, -0.2) is 20.2 Å². The molecule has 0 spiro atoms. The molecule has 82 valence electrons. The maximum absolute atomic E-state index is 13.4. The van der Waals surface area contributed by atoms with Gasteiger partial charge in [0.15, 0.2) is 13.1 Å². The highest BCUT2D eigenvalue weighted by atomic mass is 35.5. The minimum absolute atomic E-state index is 0.0108. The molecule has 1 aromatic carbocycles. The molecule has 0 unspecified atom stereocenters. The van der Waals surface area contributed by atoms with Gasteiger partial charge in [0.25, 0.3) is 0 Å². The average Bonchev–Trinajstić information content (AvgIpc) is 2.22. The van der Waals surface area contributed by atoms with Crippen LogP contribution >= 0.6 is 11.6 Å². The molecule has 5 heteroatoms. The second-order valence-electron chi connectivity index (χ2n) is 2.90. The number of methoxy groups -OCH3 is 1. The molecule has 0 fully saturated rings. The molecular weight excluding hydrogens is 223 g/mol. The van der Waals surface area contributed by atoms with E-state index in [1.807, 2.05) is 0 Å². The molecule has 0 aliphatic heterocycles. The van der Waals surface area contributed by atoms with Crippen LogP contribution in [0.2, 0.25) is 5.02 Å². The Morgan fingerprint density at radius 2 is 2.27 bits per heavy atom. The lowest BCUT2D eigenvalue weighted by atomic mass is 10.1. The summed E-state index contributed by atoms with van der Waals surface area (Å²) in [6.45, 7) is 1.52. The minimum Gasteiger partial charge on any atom is -0.466 e. The predicted molar refractivity (Wildman–Crippen MR) is 54.0 cm³/mol. The van der Waals surface area contributed by atoms with Gasteiger partial charge in [-0.3, -0.25) is 4.79 Å². The molecule has 0 amide bonds. The van der Waals surface area contributed by atoms with Crippen molar-refractivity contribution in [2.75, 3.05) is 13.9 Å². The van der Waals surface area contributed by atoms with Crippen LogP contribution in [0.5, 0.6) is 5.75 Å². The van der Waals surface area contributed by atoms with E-state index in [1.165, 1.54) is 20.1 Å². The minimum atomic E-state index is -0.625. The van der Waals surface area contributed by atoms with Gasteiger partial charge in [-0.25, -0.2) is 4.39 Å². The van der Waals surface area contributed by atoms with Gasteiger partial charge >= 0.3 is 0 Å². The van der Waals surface area contributed by atoms with E-state index in [4.69, 9.17) is 16.3 Å². The number of rotatable bonds is 4. The number of benzene rings is 1. The maximum atomic E-state index is 13.4. The van der Waals surface area contributed by atoms with E-state index < -0.39 is 5.82 Å². The Hall–Kier alpha value is -1.13. The second-order valence-corrected chi connectivity index (χ2v) is 3.28. The third-order valence-electron chi connectivity index (χ3n) is 1.83. The highest BCUT2D eigenvalue weighted by molar-refractivity contribution is 6.34. The normalized spacial score (nSPS) is 10.1. The Kier molecular flexibility index (Phi) is 4.05. The molecule has 0 atom stereocenters. The number of hydrogen-bond acceptors (Lipinski definition) is 3. The van der Waals surface area contributed by atoms with Crippen molar-refractivity contribution in [1.29, 1.82) is 0 Å². The Balaban J connectivity index is 3.18. The predicted octanol–water partition coefficient (Wildman–Crippen LogP) is 2.58. The number of ether oxygens (including phenoxy) is 2. The summed E-state index contributed by atoms with van der Waals surface area (Å²) >= 11 is 5.77. The summed E-state index contributed by atoms with van der Waals surface area (Å²) in [7, 11) is 1.45. The first kappa shape index (κ1) is 11.9. The van der Waals surface area contributed by atoms with Gasteiger partial charge in [-0.05, 0) is 18.6 Å². The van der Waals surface area contributed by atoms with Crippen molar-refractivity contribution < 1.29 is 18.7 Å². The lowest BCUT2D eigenvalue weighted by molar-refractivity contribution is 0.0510. The highest BCUT2D eigenvalue weighted by Gasteiger charge is 2.15. The van der Waals surface area contributed by atoms with E-state index in [0.29, 0.717) is 11.8 Å². The van der Waals surface area contributed by atoms with Crippen molar-refractivity contribution in [1.82, 2.24) is 0 Å². The van der Waals surface area contributed by atoms with Crippen LogP contribution in [0.1, 0.15) is 15.9 Å². The highest BCUT2D eigenvalue weighted by Crippen LogP contribution is 2.31. The van der Waals surface area contributed by atoms with E-state index in [-0.39, 0.29) is 23.1 Å². The number of halogens is 2. The van der Waals surface area contributed by atoms with Gasteiger partial charge in [-0.1, -0.05) is 11.6 Å². The van der Waals surface area contributed by atoms with Crippen LogP contribution in [-0.2, 0) is 4.74 Å². The molecule has 0 radical (unpaired) electrons. The van der Waals surface area contributed by atoms with Gasteiger partial charge in [-0.2, -0.15) is 0 Å². The molecule has 0 saturated heterocycles. The third-order valence-corrected chi connectivity index (χ3v) is 2.22. The quantitative estimate of drug-likeness (QED) is 0.591. The van der Waals surface area contributed by atoms with Gasteiger partial charge in [0.2, 0.25) is 0 Å². The number of hydrogen-bond donors (Lipinski definition) is 0. The molecule has 0 aliphatic carbocycles. The second kappa shape index (κ2) is 5.09. The Morgan fingerprint density at radius 3 is 2.80 bits per heavy atom. The van der Waals surface area contributed by atoms with Crippen LogP contribution in [0.25, 0.3) is 0 Å². The fraction of sp³-hybridized carbons (Fsp3) is 0.300. The van der Waals surface area contributed by atoms with Crippen LogP contribution in [0.15, 0.2) is 6.07 Å². The lowest BCUT2D eigenvalue weighted by Crippen LogP contribution is -2.03. The van der Waals surface area contributed by atoms with Gasteiger partial charge in [-0.15, -0.1) is 0 Å². The summed E-state index contributed by atoms with van der Waals surface area (Å²) in [6.07, 6.45) is 0.365. The molecule has 3 nitrogen and oxygen atoms in total. The molecule has 0 heterocycles. The topological polar surface area (TPSA) is 35.5 Å². The molecule has 15 heavy (non-hydrogen) atoms. The molecule has 0 saturated carbocycles. The van der Waals surface area contributed by atoms with Gasteiger partial charge in [0, 0.05) is 7.11 Å². The van der Waals surface area contributed by atoms with Crippen molar-refractivity contribution in [2.45, 2.75) is 6.92 Å². The molecular formula is C10H10ClFO3. The Bertz CT molecular complexity index is 379. The first-order valence-electron chi connectivity index (χ1n) is 4.17. The summed E-state index contributed by atoms with van der Waals surface area (Å²) in [6, 6.07) is 1.42. The van der Waals surface area contributed by atoms with Crippen molar-refractivity contribution in [3.05, 3.63) is 28.0 Å². The Morgan fingerprint density at radius 1 is 1.60 bits per heavy atom. The summed E-state index contributed by atoms with van der Waals surface area (Å²) in [5, 5.41) is -0.0369.